The third kappa shape index (κ3) is 2.71. The average molecular weight is 262 g/mol. The molecule has 5 nitrogen and oxygen atoms in total. The molecule has 2 fully saturated rings. The van der Waals surface area contributed by atoms with E-state index < -0.39 is 5.97 Å². The normalized spacial score (nSPS) is 26.2. The molecule has 1 aromatic heterocycles. The van der Waals surface area contributed by atoms with Crippen LogP contribution in [0.3, 0.4) is 0 Å². The smallest absolute Gasteiger partial charge is 0.356 e. The molecule has 3 rings (SSSR count). The lowest BCUT2D eigenvalue weighted by Crippen LogP contribution is -2.31. The minimum atomic E-state index is -0.412. The maximum absolute atomic E-state index is 11.4. The highest BCUT2D eigenvalue weighted by molar-refractivity contribution is 5.88. The van der Waals surface area contributed by atoms with Crippen LogP contribution in [-0.4, -0.2) is 36.8 Å². The van der Waals surface area contributed by atoms with Gasteiger partial charge < -0.3 is 14.8 Å². The Morgan fingerprint density at radius 2 is 2.32 bits per heavy atom. The molecule has 102 valence electrons. The highest BCUT2D eigenvalue weighted by Gasteiger charge is 2.40. The van der Waals surface area contributed by atoms with Gasteiger partial charge in [0.15, 0.2) is 0 Å². The summed E-state index contributed by atoms with van der Waals surface area (Å²) in [5.74, 6) is 0.298. The van der Waals surface area contributed by atoms with Crippen molar-refractivity contribution in [3.05, 3.63) is 24.0 Å². The Labute approximate surface area is 112 Å². The molecule has 1 aromatic rings. The SMILES string of the molecule is COC(=O)c1cc(NC2CCOC2C2CC2)ccn1. The summed E-state index contributed by atoms with van der Waals surface area (Å²) >= 11 is 0. The van der Waals surface area contributed by atoms with Crippen LogP contribution >= 0.6 is 0 Å². The van der Waals surface area contributed by atoms with Gasteiger partial charge in [0.2, 0.25) is 0 Å². The van der Waals surface area contributed by atoms with Gasteiger partial charge in [-0.15, -0.1) is 0 Å². The maximum atomic E-state index is 11.4. The summed E-state index contributed by atoms with van der Waals surface area (Å²) in [5.41, 5.74) is 1.23. The molecule has 0 aromatic carbocycles. The molecule has 19 heavy (non-hydrogen) atoms. The molecular formula is C14H18N2O3. The van der Waals surface area contributed by atoms with Crippen LogP contribution in [0.25, 0.3) is 0 Å². The van der Waals surface area contributed by atoms with Crippen LogP contribution in [0.2, 0.25) is 0 Å². The Bertz CT molecular complexity index is 474. The first-order valence-corrected chi connectivity index (χ1v) is 6.70. The van der Waals surface area contributed by atoms with E-state index in [0.29, 0.717) is 23.8 Å². The molecule has 5 heteroatoms. The molecule has 1 saturated carbocycles. The van der Waals surface area contributed by atoms with E-state index in [0.717, 1.165) is 18.7 Å². The summed E-state index contributed by atoms with van der Waals surface area (Å²) < 4.78 is 10.5. The lowest BCUT2D eigenvalue weighted by Gasteiger charge is -2.20. The number of rotatable bonds is 4. The van der Waals surface area contributed by atoms with E-state index >= 15 is 0 Å². The van der Waals surface area contributed by atoms with E-state index in [-0.39, 0.29) is 0 Å². The minimum Gasteiger partial charge on any atom is -0.464 e. The number of nitrogens with zero attached hydrogens (tertiary/aromatic N) is 1. The van der Waals surface area contributed by atoms with Crippen molar-refractivity contribution < 1.29 is 14.3 Å². The van der Waals surface area contributed by atoms with Gasteiger partial charge in [-0.2, -0.15) is 0 Å². The van der Waals surface area contributed by atoms with Crippen LogP contribution in [0.15, 0.2) is 18.3 Å². The van der Waals surface area contributed by atoms with Gasteiger partial charge in [-0.25, -0.2) is 9.78 Å². The number of anilines is 1. The molecule has 1 aliphatic carbocycles. The second-order valence-electron chi connectivity index (χ2n) is 5.13. The molecule has 0 spiro atoms. The lowest BCUT2D eigenvalue weighted by atomic mass is 10.1. The molecule has 2 atom stereocenters. The van der Waals surface area contributed by atoms with Crippen molar-refractivity contribution in [3.8, 4) is 0 Å². The van der Waals surface area contributed by atoms with Crippen molar-refractivity contribution in [1.29, 1.82) is 0 Å². The zero-order chi connectivity index (χ0) is 13.2. The Kier molecular flexibility index (Phi) is 3.38. The van der Waals surface area contributed by atoms with E-state index in [9.17, 15) is 4.79 Å². The van der Waals surface area contributed by atoms with Gasteiger partial charge in [-0.05, 0) is 37.3 Å². The molecule has 0 amide bonds. The van der Waals surface area contributed by atoms with Crippen LogP contribution in [0, 0.1) is 5.92 Å². The average Bonchev–Trinajstić information content (AvgIpc) is 3.19. The quantitative estimate of drug-likeness (QED) is 0.839. The molecule has 1 aliphatic heterocycles. The fourth-order valence-corrected chi connectivity index (χ4v) is 2.61. The van der Waals surface area contributed by atoms with Crippen molar-refractivity contribution in [2.24, 2.45) is 5.92 Å². The summed E-state index contributed by atoms with van der Waals surface area (Å²) in [6, 6.07) is 3.93. The van der Waals surface area contributed by atoms with E-state index in [1.54, 1.807) is 12.3 Å². The van der Waals surface area contributed by atoms with Crippen molar-refractivity contribution >= 4 is 11.7 Å². The molecule has 0 bridgehead atoms. The third-order valence-electron chi connectivity index (χ3n) is 3.73. The first kappa shape index (κ1) is 12.4. The minimum absolute atomic E-state index is 0.315. The number of hydrogen-bond acceptors (Lipinski definition) is 5. The first-order valence-electron chi connectivity index (χ1n) is 6.70. The Hall–Kier alpha value is -1.62. The van der Waals surface area contributed by atoms with Crippen molar-refractivity contribution in [1.82, 2.24) is 4.98 Å². The highest BCUT2D eigenvalue weighted by Crippen LogP contribution is 2.39. The standard InChI is InChI=1S/C14H18N2O3/c1-18-14(17)12-8-10(4-6-15-12)16-11-5-7-19-13(11)9-2-3-9/h4,6,8-9,11,13H,2-3,5,7H2,1H3,(H,15,16). The van der Waals surface area contributed by atoms with Crippen molar-refractivity contribution in [2.75, 3.05) is 19.0 Å². The number of carbonyl (C=O) groups is 1. The number of hydrogen-bond donors (Lipinski definition) is 1. The van der Waals surface area contributed by atoms with Crippen LogP contribution in [0.5, 0.6) is 0 Å². The summed E-state index contributed by atoms with van der Waals surface area (Å²) in [6.45, 7) is 0.813. The number of pyridine rings is 1. The monoisotopic (exact) mass is 262 g/mol. The molecular weight excluding hydrogens is 244 g/mol. The van der Waals surface area contributed by atoms with E-state index in [4.69, 9.17) is 4.74 Å². The Morgan fingerprint density at radius 3 is 3.05 bits per heavy atom. The zero-order valence-electron chi connectivity index (χ0n) is 11.0. The van der Waals surface area contributed by atoms with Crippen LogP contribution in [-0.2, 0) is 9.47 Å². The summed E-state index contributed by atoms with van der Waals surface area (Å²) in [7, 11) is 1.36. The van der Waals surface area contributed by atoms with Gasteiger partial charge in [0.05, 0.1) is 19.3 Å². The fraction of sp³-hybridized carbons (Fsp3) is 0.571. The first-order chi connectivity index (χ1) is 9.28. The maximum Gasteiger partial charge on any atom is 0.356 e. The molecule has 1 N–H and O–H groups in total. The van der Waals surface area contributed by atoms with Gasteiger partial charge in [0.25, 0.3) is 0 Å². The van der Waals surface area contributed by atoms with Crippen molar-refractivity contribution in [3.63, 3.8) is 0 Å². The predicted molar refractivity (Wildman–Crippen MR) is 70.1 cm³/mol. The molecule has 2 unspecified atom stereocenters. The largest absolute Gasteiger partial charge is 0.464 e. The number of esters is 1. The number of nitrogens with one attached hydrogen (secondary N) is 1. The second kappa shape index (κ2) is 5.17. The summed E-state index contributed by atoms with van der Waals surface area (Å²) in [5, 5.41) is 3.46. The number of carbonyl (C=O) groups excluding carboxylic acids is 1. The molecule has 1 saturated heterocycles. The molecule has 2 aliphatic rings. The fourth-order valence-electron chi connectivity index (χ4n) is 2.61. The number of methoxy groups -OCH3 is 1. The van der Waals surface area contributed by atoms with Gasteiger partial charge >= 0.3 is 5.97 Å². The number of ether oxygens (including phenoxy) is 2. The second-order valence-corrected chi connectivity index (χ2v) is 5.13. The third-order valence-corrected chi connectivity index (χ3v) is 3.73. The van der Waals surface area contributed by atoms with Gasteiger partial charge in [-0.1, -0.05) is 0 Å². The summed E-state index contributed by atoms with van der Waals surface area (Å²) in [4.78, 5) is 15.5. The van der Waals surface area contributed by atoms with Crippen LogP contribution in [0.4, 0.5) is 5.69 Å². The van der Waals surface area contributed by atoms with E-state index in [1.165, 1.54) is 20.0 Å². The van der Waals surface area contributed by atoms with E-state index in [2.05, 4.69) is 15.0 Å². The Morgan fingerprint density at radius 1 is 1.47 bits per heavy atom. The molecule has 0 radical (unpaired) electrons. The van der Waals surface area contributed by atoms with E-state index in [1.807, 2.05) is 6.07 Å². The Balaban J connectivity index is 1.70. The van der Waals surface area contributed by atoms with Gasteiger partial charge in [-0.3, -0.25) is 0 Å². The lowest BCUT2D eigenvalue weighted by molar-refractivity contribution is 0.0594. The van der Waals surface area contributed by atoms with Gasteiger partial charge in [0, 0.05) is 18.5 Å². The van der Waals surface area contributed by atoms with Crippen LogP contribution in [0.1, 0.15) is 29.8 Å². The predicted octanol–water partition coefficient (Wildman–Crippen LogP) is 1.85. The molecule has 2 heterocycles. The zero-order valence-corrected chi connectivity index (χ0v) is 11.0. The van der Waals surface area contributed by atoms with Crippen LogP contribution < -0.4 is 5.32 Å². The number of aromatic nitrogens is 1. The highest BCUT2D eigenvalue weighted by atomic mass is 16.5. The summed E-state index contributed by atoms with van der Waals surface area (Å²) in [6.07, 6.45) is 5.49. The van der Waals surface area contributed by atoms with Crippen molar-refractivity contribution in [2.45, 2.75) is 31.4 Å². The topological polar surface area (TPSA) is 60.5 Å². The van der Waals surface area contributed by atoms with Gasteiger partial charge in [0.1, 0.15) is 5.69 Å².